The Kier molecular flexibility index (Phi) is 8.92. The number of nitrogens with zero attached hydrogens (tertiary/aromatic N) is 3. The van der Waals surface area contributed by atoms with Crippen molar-refractivity contribution >= 4 is 32.8 Å². The molecule has 0 bridgehead atoms. The van der Waals surface area contributed by atoms with Gasteiger partial charge in [0.2, 0.25) is 5.43 Å². The van der Waals surface area contributed by atoms with Gasteiger partial charge in [-0.25, -0.2) is 9.97 Å². The van der Waals surface area contributed by atoms with Crippen molar-refractivity contribution in [3.63, 3.8) is 0 Å². The molecule has 0 aromatic carbocycles. The summed E-state index contributed by atoms with van der Waals surface area (Å²) < 4.78 is 0.575. The van der Waals surface area contributed by atoms with E-state index < -0.39 is 0 Å². The fourth-order valence-corrected chi connectivity index (χ4v) is 2.83. The summed E-state index contributed by atoms with van der Waals surface area (Å²) in [5.41, 5.74) is 2.58. The minimum Gasteiger partial charge on any atom is -0.364 e. The summed E-state index contributed by atoms with van der Waals surface area (Å²) in [6.45, 7) is 13.5. The molecule has 2 N–H and O–H groups in total. The second-order valence-corrected chi connectivity index (χ2v) is 5.57. The third-order valence-corrected chi connectivity index (χ3v) is 3.90. The van der Waals surface area contributed by atoms with Crippen LogP contribution in [-0.4, -0.2) is 41.1 Å². The number of aromatic nitrogens is 3. The van der Waals surface area contributed by atoms with Crippen molar-refractivity contribution in [3.05, 3.63) is 26.7 Å². The molecule has 0 radical (unpaired) electrons. The molecule has 0 aliphatic carbocycles. The van der Waals surface area contributed by atoms with E-state index in [1.54, 1.807) is 6.20 Å². The summed E-state index contributed by atoms with van der Waals surface area (Å²) in [7, 11) is 0. The van der Waals surface area contributed by atoms with Crippen LogP contribution in [0.25, 0.3) is 11.2 Å². The first-order chi connectivity index (χ1) is 11.7. The number of piperazine rings is 1. The molecule has 1 aliphatic rings. The Labute approximate surface area is 152 Å². The number of fused-ring (bicyclic) bond motifs is 1. The SMILES string of the molecule is CC.CC.CCc1[nH]c2ncc(Br)nc2c(=O)c1N1CCNCC1. The molecular formula is C17H28BrN5O. The second kappa shape index (κ2) is 10.4. The number of nitrogens with one attached hydrogen (secondary N) is 2. The summed E-state index contributed by atoms with van der Waals surface area (Å²) in [5, 5.41) is 3.30. The molecule has 1 saturated heterocycles. The highest BCUT2D eigenvalue weighted by molar-refractivity contribution is 9.10. The van der Waals surface area contributed by atoms with Crippen LogP contribution in [0.2, 0.25) is 0 Å². The van der Waals surface area contributed by atoms with Gasteiger partial charge >= 0.3 is 0 Å². The number of H-pyrrole nitrogens is 1. The van der Waals surface area contributed by atoms with Crippen LogP contribution in [0, 0.1) is 0 Å². The first-order valence-electron chi connectivity index (χ1n) is 8.73. The van der Waals surface area contributed by atoms with E-state index in [0.29, 0.717) is 15.8 Å². The number of aryl methyl sites for hydroxylation is 1. The normalized spacial score (nSPS) is 13.7. The maximum Gasteiger partial charge on any atom is 0.233 e. The van der Waals surface area contributed by atoms with Gasteiger partial charge in [-0.3, -0.25) is 4.79 Å². The van der Waals surface area contributed by atoms with E-state index in [0.717, 1.165) is 44.0 Å². The van der Waals surface area contributed by atoms with Gasteiger partial charge in [-0.1, -0.05) is 34.6 Å². The maximum atomic E-state index is 12.8. The lowest BCUT2D eigenvalue weighted by molar-refractivity contribution is 0.586. The van der Waals surface area contributed by atoms with E-state index in [4.69, 9.17) is 0 Å². The summed E-state index contributed by atoms with van der Waals surface area (Å²) in [4.78, 5) is 26.7. The van der Waals surface area contributed by atoms with Crippen molar-refractivity contribution in [2.45, 2.75) is 41.0 Å². The molecule has 0 atom stereocenters. The zero-order chi connectivity index (χ0) is 18.1. The molecule has 134 valence electrons. The molecule has 0 unspecified atom stereocenters. The lowest BCUT2D eigenvalue weighted by atomic mass is 10.2. The first kappa shape index (κ1) is 20.6. The van der Waals surface area contributed by atoms with E-state index in [9.17, 15) is 4.79 Å². The third-order valence-electron chi connectivity index (χ3n) is 3.52. The quantitative estimate of drug-likeness (QED) is 0.813. The van der Waals surface area contributed by atoms with Crippen LogP contribution in [0.3, 0.4) is 0 Å². The van der Waals surface area contributed by atoms with Gasteiger partial charge in [-0.2, -0.15) is 0 Å². The van der Waals surface area contributed by atoms with E-state index in [1.165, 1.54) is 0 Å². The Bertz CT molecular complexity index is 695. The van der Waals surface area contributed by atoms with Gasteiger partial charge in [0.15, 0.2) is 11.2 Å². The number of hydrogen-bond acceptors (Lipinski definition) is 5. The fourth-order valence-electron chi connectivity index (χ4n) is 2.55. The number of hydrogen-bond donors (Lipinski definition) is 2. The monoisotopic (exact) mass is 397 g/mol. The van der Waals surface area contributed by atoms with Crippen molar-refractivity contribution < 1.29 is 0 Å². The second-order valence-electron chi connectivity index (χ2n) is 4.76. The fraction of sp³-hybridized carbons (Fsp3) is 0.588. The Balaban J connectivity index is 0.000000671. The minimum absolute atomic E-state index is 0.0358. The molecule has 1 aliphatic heterocycles. The highest BCUT2D eigenvalue weighted by atomic mass is 79.9. The van der Waals surface area contributed by atoms with Gasteiger partial charge in [-0.15, -0.1) is 0 Å². The van der Waals surface area contributed by atoms with Gasteiger partial charge < -0.3 is 15.2 Å². The van der Waals surface area contributed by atoms with Crippen molar-refractivity contribution in [1.82, 2.24) is 20.3 Å². The van der Waals surface area contributed by atoms with Crippen LogP contribution in [0.4, 0.5) is 5.69 Å². The van der Waals surface area contributed by atoms with Gasteiger partial charge in [0.05, 0.1) is 6.20 Å². The standard InChI is InChI=1S/C13H16BrN5O.2C2H6/c1-2-8-11(19-5-3-15-4-6-19)12(20)10-13(17-8)16-7-9(14)18-10;2*1-2/h7,15H,2-6H2,1H3,(H,16,17,20);2*1-2H3. The first-order valence-corrected chi connectivity index (χ1v) is 9.53. The number of halogens is 1. The van der Waals surface area contributed by atoms with Gasteiger partial charge in [0.25, 0.3) is 0 Å². The predicted octanol–water partition coefficient (Wildman–Crippen LogP) is 3.11. The molecule has 3 heterocycles. The molecule has 2 aromatic heterocycles. The molecule has 6 nitrogen and oxygen atoms in total. The molecule has 1 fully saturated rings. The predicted molar refractivity (Wildman–Crippen MR) is 105 cm³/mol. The smallest absolute Gasteiger partial charge is 0.233 e. The van der Waals surface area contributed by atoms with Gasteiger partial charge in [-0.05, 0) is 22.4 Å². The lowest BCUT2D eigenvalue weighted by Gasteiger charge is -2.30. The Morgan fingerprint density at radius 2 is 1.83 bits per heavy atom. The highest BCUT2D eigenvalue weighted by Crippen LogP contribution is 2.19. The van der Waals surface area contributed by atoms with Crippen molar-refractivity contribution in [2.75, 3.05) is 31.1 Å². The van der Waals surface area contributed by atoms with Crippen LogP contribution >= 0.6 is 15.9 Å². The van der Waals surface area contributed by atoms with Crippen LogP contribution in [-0.2, 0) is 6.42 Å². The Hall–Kier alpha value is -1.47. The third kappa shape index (κ3) is 4.54. The summed E-state index contributed by atoms with van der Waals surface area (Å²) in [6.07, 6.45) is 2.37. The van der Waals surface area contributed by atoms with E-state index >= 15 is 0 Å². The average molecular weight is 398 g/mol. The zero-order valence-electron chi connectivity index (χ0n) is 15.2. The van der Waals surface area contributed by atoms with Crippen molar-refractivity contribution in [1.29, 1.82) is 0 Å². The molecule has 0 spiro atoms. The Morgan fingerprint density at radius 3 is 2.42 bits per heavy atom. The van der Waals surface area contributed by atoms with Crippen LogP contribution in [0.1, 0.15) is 40.3 Å². The van der Waals surface area contributed by atoms with Crippen LogP contribution in [0.15, 0.2) is 15.6 Å². The number of rotatable bonds is 2. The average Bonchev–Trinajstić information content (AvgIpc) is 2.66. The molecule has 24 heavy (non-hydrogen) atoms. The lowest BCUT2D eigenvalue weighted by Crippen LogP contribution is -2.45. The van der Waals surface area contributed by atoms with Crippen LogP contribution in [0.5, 0.6) is 0 Å². The van der Waals surface area contributed by atoms with E-state index in [2.05, 4.69) is 41.1 Å². The topological polar surface area (TPSA) is 73.9 Å². The van der Waals surface area contributed by atoms with Gasteiger partial charge in [0.1, 0.15) is 10.3 Å². The highest BCUT2D eigenvalue weighted by Gasteiger charge is 2.20. The minimum atomic E-state index is -0.0358. The number of aromatic amines is 1. The number of pyridine rings is 1. The van der Waals surface area contributed by atoms with E-state index in [-0.39, 0.29) is 5.43 Å². The van der Waals surface area contributed by atoms with E-state index in [1.807, 2.05) is 34.6 Å². The number of anilines is 1. The summed E-state index contributed by atoms with van der Waals surface area (Å²) >= 11 is 3.27. The summed E-state index contributed by atoms with van der Waals surface area (Å²) in [5.74, 6) is 0. The van der Waals surface area contributed by atoms with Crippen molar-refractivity contribution in [3.8, 4) is 0 Å². The molecule has 0 saturated carbocycles. The molecule has 3 rings (SSSR count). The molecule has 2 aromatic rings. The maximum absolute atomic E-state index is 12.8. The van der Waals surface area contributed by atoms with Crippen molar-refractivity contribution in [2.24, 2.45) is 0 Å². The van der Waals surface area contributed by atoms with Gasteiger partial charge in [0, 0.05) is 31.9 Å². The largest absolute Gasteiger partial charge is 0.364 e. The molecule has 0 amide bonds. The van der Waals surface area contributed by atoms with Crippen LogP contribution < -0.4 is 15.6 Å². The Morgan fingerprint density at radius 1 is 1.21 bits per heavy atom. The zero-order valence-corrected chi connectivity index (χ0v) is 16.8. The molecular weight excluding hydrogens is 370 g/mol. The summed E-state index contributed by atoms with van der Waals surface area (Å²) in [6, 6.07) is 0. The molecule has 7 heteroatoms.